The average Bonchev–Trinajstić information content (AvgIpc) is 3.43. The number of methoxy groups -OCH3 is 1. The van der Waals surface area contributed by atoms with Crippen molar-refractivity contribution in [3.05, 3.63) is 24.3 Å². The molecule has 3 rings (SSSR count). The average molecular weight is 375 g/mol. The monoisotopic (exact) mass is 374 g/mol. The summed E-state index contributed by atoms with van der Waals surface area (Å²) in [7, 11) is 1.66. The SMILES string of the molecule is CCNC(=NCC(C)Oc1cccc(OC)c1)NC1CC(C)N(C2CC2)C1. The summed E-state index contributed by atoms with van der Waals surface area (Å²) in [6.45, 7) is 9.05. The Hall–Kier alpha value is -1.95. The zero-order valence-electron chi connectivity index (χ0n) is 17.1. The zero-order valence-corrected chi connectivity index (χ0v) is 17.1. The summed E-state index contributed by atoms with van der Waals surface area (Å²) in [4.78, 5) is 7.39. The first kappa shape index (κ1) is 19.8. The van der Waals surface area contributed by atoms with Crippen LogP contribution < -0.4 is 20.1 Å². The van der Waals surface area contributed by atoms with E-state index in [0.717, 1.165) is 36.6 Å². The second kappa shape index (κ2) is 9.31. The molecular formula is C21H34N4O2. The van der Waals surface area contributed by atoms with E-state index in [9.17, 15) is 0 Å². The molecule has 27 heavy (non-hydrogen) atoms. The molecule has 1 aliphatic heterocycles. The molecule has 0 radical (unpaired) electrons. The van der Waals surface area contributed by atoms with Crippen LogP contribution >= 0.6 is 0 Å². The number of rotatable bonds is 8. The number of benzene rings is 1. The molecular weight excluding hydrogens is 340 g/mol. The highest BCUT2D eigenvalue weighted by molar-refractivity contribution is 5.80. The Morgan fingerprint density at radius 1 is 1.33 bits per heavy atom. The van der Waals surface area contributed by atoms with Crippen LogP contribution in [0.1, 0.15) is 40.0 Å². The lowest BCUT2D eigenvalue weighted by atomic mass is 10.2. The molecule has 0 amide bonds. The van der Waals surface area contributed by atoms with Crippen molar-refractivity contribution in [2.24, 2.45) is 4.99 Å². The van der Waals surface area contributed by atoms with E-state index >= 15 is 0 Å². The molecule has 6 nitrogen and oxygen atoms in total. The van der Waals surface area contributed by atoms with Gasteiger partial charge < -0.3 is 20.1 Å². The van der Waals surface area contributed by atoms with Gasteiger partial charge in [0.2, 0.25) is 0 Å². The third-order valence-electron chi connectivity index (χ3n) is 5.21. The zero-order chi connectivity index (χ0) is 19.2. The molecule has 1 aromatic carbocycles. The molecule has 1 heterocycles. The predicted molar refractivity (Wildman–Crippen MR) is 110 cm³/mol. The molecule has 3 atom stereocenters. The van der Waals surface area contributed by atoms with Gasteiger partial charge in [-0.3, -0.25) is 4.90 Å². The fourth-order valence-corrected chi connectivity index (χ4v) is 3.75. The number of aliphatic imine (C=N–C) groups is 1. The molecule has 6 heteroatoms. The minimum atomic E-state index is -0.0157. The maximum Gasteiger partial charge on any atom is 0.191 e. The van der Waals surface area contributed by atoms with Crippen LogP contribution in [-0.4, -0.2) is 61.8 Å². The van der Waals surface area contributed by atoms with Gasteiger partial charge in [-0.2, -0.15) is 0 Å². The minimum absolute atomic E-state index is 0.0157. The van der Waals surface area contributed by atoms with E-state index in [1.807, 2.05) is 31.2 Å². The van der Waals surface area contributed by atoms with Gasteiger partial charge in [-0.1, -0.05) is 6.07 Å². The molecule has 2 fully saturated rings. The van der Waals surface area contributed by atoms with Crippen molar-refractivity contribution in [1.29, 1.82) is 0 Å². The van der Waals surface area contributed by atoms with Gasteiger partial charge in [0.25, 0.3) is 0 Å². The van der Waals surface area contributed by atoms with Gasteiger partial charge in [0.05, 0.1) is 13.7 Å². The Kier molecular flexibility index (Phi) is 6.83. The summed E-state index contributed by atoms with van der Waals surface area (Å²) in [5.41, 5.74) is 0. The maximum absolute atomic E-state index is 5.98. The number of likely N-dealkylation sites (tertiary alicyclic amines) is 1. The lowest BCUT2D eigenvalue weighted by molar-refractivity contribution is 0.229. The number of hydrogen-bond donors (Lipinski definition) is 2. The van der Waals surface area contributed by atoms with Gasteiger partial charge in [0.1, 0.15) is 17.6 Å². The number of guanidine groups is 1. The number of ether oxygens (including phenoxy) is 2. The maximum atomic E-state index is 5.98. The van der Waals surface area contributed by atoms with Gasteiger partial charge in [-0.25, -0.2) is 4.99 Å². The Balaban J connectivity index is 1.51. The molecule has 0 aromatic heterocycles. The fraction of sp³-hybridized carbons (Fsp3) is 0.667. The summed E-state index contributed by atoms with van der Waals surface area (Å²) in [5, 5.41) is 6.99. The van der Waals surface area contributed by atoms with Crippen molar-refractivity contribution in [3.63, 3.8) is 0 Å². The van der Waals surface area contributed by atoms with Crippen LogP contribution in [0.15, 0.2) is 29.3 Å². The lowest BCUT2D eigenvalue weighted by Gasteiger charge is -2.20. The van der Waals surface area contributed by atoms with Crippen LogP contribution in [0.25, 0.3) is 0 Å². The predicted octanol–water partition coefficient (Wildman–Crippen LogP) is 2.64. The van der Waals surface area contributed by atoms with E-state index in [2.05, 4.69) is 29.4 Å². The summed E-state index contributed by atoms with van der Waals surface area (Å²) < 4.78 is 11.2. The second-order valence-electron chi connectivity index (χ2n) is 7.68. The van der Waals surface area contributed by atoms with Gasteiger partial charge >= 0.3 is 0 Å². The lowest BCUT2D eigenvalue weighted by Crippen LogP contribution is -2.45. The molecule has 3 unspecified atom stereocenters. The quantitative estimate of drug-likeness (QED) is 0.541. The number of nitrogens with one attached hydrogen (secondary N) is 2. The highest BCUT2D eigenvalue weighted by Gasteiger charge is 2.38. The van der Waals surface area contributed by atoms with Crippen LogP contribution in [0.4, 0.5) is 0 Å². The van der Waals surface area contributed by atoms with E-state index in [0.29, 0.717) is 18.6 Å². The molecule has 2 N–H and O–H groups in total. The third-order valence-corrected chi connectivity index (χ3v) is 5.21. The summed E-state index contributed by atoms with van der Waals surface area (Å²) >= 11 is 0. The first-order valence-electron chi connectivity index (χ1n) is 10.2. The molecule has 0 bridgehead atoms. The van der Waals surface area contributed by atoms with E-state index in [4.69, 9.17) is 14.5 Å². The number of hydrogen-bond acceptors (Lipinski definition) is 4. The first-order chi connectivity index (χ1) is 13.1. The fourth-order valence-electron chi connectivity index (χ4n) is 3.75. The molecule has 2 aliphatic rings. The highest BCUT2D eigenvalue weighted by Crippen LogP contribution is 2.33. The van der Waals surface area contributed by atoms with Gasteiger partial charge in [0.15, 0.2) is 5.96 Å². The molecule has 1 saturated heterocycles. The Labute approximate surface area is 163 Å². The van der Waals surface area contributed by atoms with Crippen LogP contribution in [0.5, 0.6) is 11.5 Å². The van der Waals surface area contributed by atoms with Gasteiger partial charge in [-0.15, -0.1) is 0 Å². The number of nitrogens with zero attached hydrogens (tertiary/aromatic N) is 2. The molecule has 1 aliphatic carbocycles. The van der Waals surface area contributed by atoms with Crippen molar-refractivity contribution >= 4 is 5.96 Å². The van der Waals surface area contributed by atoms with E-state index in [-0.39, 0.29) is 6.10 Å². The standard InChI is InChI=1S/C21H34N4O2/c1-5-22-21(24-17-11-15(2)25(14-17)18-9-10-18)23-13-16(3)27-20-8-6-7-19(12-20)26-4/h6-8,12,15-18H,5,9-11,13-14H2,1-4H3,(H2,22,23,24). The molecule has 1 aromatic rings. The van der Waals surface area contributed by atoms with E-state index in [1.54, 1.807) is 7.11 Å². The smallest absolute Gasteiger partial charge is 0.191 e. The van der Waals surface area contributed by atoms with Crippen LogP contribution in [-0.2, 0) is 0 Å². The molecule has 0 spiro atoms. The van der Waals surface area contributed by atoms with Crippen molar-refractivity contribution < 1.29 is 9.47 Å². The van der Waals surface area contributed by atoms with Crippen LogP contribution in [0.2, 0.25) is 0 Å². The van der Waals surface area contributed by atoms with Gasteiger partial charge in [0, 0.05) is 37.3 Å². The Bertz CT molecular complexity index is 632. The molecule has 150 valence electrons. The van der Waals surface area contributed by atoms with E-state index < -0.39 is 0 Å². The molecule has 1 saturated carbocycles. The first-order valence-corrected chi connectivity index (χ1v) is 10.2. The van der Waals surface area contributed by atoms with E-state index in [1.165, 1.54) is 19.3 Å². The largest absolute Gasteiger partial charge is 0.497 e. The van der Waals surface area contributed by atoms with Crippen LogP contribution in [0.3, 0.4) is 0 Å². The van der Waals surface area contributed by atoms with Gasteiger partial charge in [-0.05, 0) is 52.2 Å². The normalized spacial score (nSPS) is 24.5. The summed E-state index contributed by atoms with van der Waals surface area (Å²) in [5.74, 6) is 2.49. The highest BCUT2D eigenvalue weighted by atomic mass is 16.5. The van der Waals surface area contributed by atoms with Crippen molar-refractivity contribution in [3.8, 4) is 11.5 Å². The topological polar surface area (TPSA) is 58.1 Å². The van der Waals surface area contributed by atoms with Crippen molar-refractivity contribution in [2.45, 2.75) is 64.3 Å². The summed E-state index contributed by atoms with van der Waals surface area (Å²) in [6.07, 6.45) is 3.89. The second-order valence-corrected chi connectivity index (χ2v) is 7.68. The van der Waals surface area contributed by atoms with Crippen molar-refractivity contribution in [1.82, 2.24) is 15.5 Å². The van der Waals surface area contributed by atoms with Crippen LogP contribution in [0, 0.1) is 0 Å². The Morgan fingerprint density at radius 3 is 2.81 bits per heavy atom. The summed E-state index contributed by atoms with van der Waals surface area (Å²) in [6, 6.07) is 9.64. The third kappa shape index (κ3) is 5.76. The van der Waals surface area contributed by atoms with Crippen molar-refractivity contribution in [2.75, 3.05) is 26.7 Å². The Morgan fingerprint density at radius 2 is 2.11 bits per heavy atom. The minimum Gasteiger partial charge on any atom is -0.497 e.